The van der Waals surface area contributed by atoms with Crippen LogP contribution in [0.25, 0.3) is 0 Å². The van der Waals surface area contributed by atoms with Crippen molar-refractivity contribution in [2.24, 2.45) is 0 Å². The summed E-state index contributed by atoms with van der Waals surface area (Å²) in [7, 11) is 0. The Hall–Kier alpha value is -1.19. The molecule has 0 N–H and O–H groups in total. The number of alkyl halides is 3. The predicted octanol–water partition coefficient (Wildman–Crippen LogP) is 2.53. The first-order valence-corrected chi connectivity index (χ1v) is 9.35. The molecule has 3 rings (SSSR count). The van der Waals surface area contributed by atoms with Gasteiger partial charge in [-0.3, -0.25) is 4.79 Å². The molecule has 2 fully saturated rings. The number of nitrogens with zero attached hydrogens (tertiary/aromatic N) is 3. The lowest BCUT2D eigenvalue weighted by Crippen LogP contribution is -2.53. The van der Waals surface area contributed by atoms with Crippen LogP contribution in [0.15, 0.2) is 12.3 Å². The second kappa shape index (κ2) is 7.59. The molecule has 0 aromatic carbocycles. The summed E-state index contributed by atoms with van der Waals surface area (Å²) in [5.74, 6) is 1.95. The molecule has 10 heteroatoms. The first kappa shape index (κ1) is 18.6. The van der Waals surface area contributed by atoms with E-state index in [1.165, 1.54) is 0 Å². The van der Waals surface area contributed by atoms with Gasteiger partial charge >= 0.3 is 6.18 Å². The normalized spacial score (nSPS) is 22.2. The van der Waals surface area contributed by atoms with Crippen LogP contribution in [0.5, 0.6) is 0 Å². The maximum absolute atomic E-state index is 12.7. The van der Waals surface area contributed by atoms with Crippen molar-refractivity contribution in [2.45, 2.75) is 12.3 Å². The summed E-state index contributed by atoms with van der Waals surface area (Å²) in [6.07, 6.45) is -4.39. The standard InChI is InChI=1S/C15H17ClF3N3O2S/c16-11-7-10(15(17,18)19)8-20-13(11)22-1-4-24-12(9-22)14(23)21-2-5-25-6-3-21/h7-8,12H,1-6,9H2. The smallest absolute Gasteiger partial charge is 0.365 e. The van der Waals surface area contributed by atoms with Crippen molar-refractivity contribution in [3.05, 3.63) is 22.8 Å². The molecule has 3 heterocycles. The lowest BCUT2D eigenvalue weighted by Gasteiger charge is -2.36. The minimum Gasteiger partial charge on any atom is -0.365 e. The summed E-state index contributed by atoms with van der Waals surface area (Å²) in [6, 6.07) is 0.859. The number of aromatic nitrogens is 1. The highest BCUT2D eigenvalue weighted by Crippen LogP contribution is 2.34. The molecule has 1 amide bonds. The molecule has 0 radical (unpaired) electrons. The van der Waals surface area contributed by atoms with E-state index in [1.807, 2.05) is 0 Å². The molecule has 1 aromatic rings. The van der Waals surface area contributed by atoms with Crippen molar-refractivity contribution in [3.63, 3.8) is 0 Å². The number of thioether (sulfide) groups is 1. The van der Waals surface area contributed by atoms with Gasteiger partial charge in [-0.2, -0.15) is 24.9 Å². The molecular formula is C15H17ClF3N3O2S. The highest BCUT2D eigenvalue weighted by Gasteiger charge is 2.34. The first-order valence-electron chi connectivity index (χ1n) is 7.82. The highest BCUT2D eigenvalue weighted by molar-refractivity contribution is 7.99. The molecule has 1 unspecified atom stereocenters. The molecule has 0 spiro atoms. The van der Waals surface area contributed by atoms with Crippen molar-refractivity contribution in [2.75, 3.05) is 49.2 Å². The third kappa shape index (κ3) is 4.32. The van der Waals surface area contributed by atoms with Gasteiger partial charge in [-0.1, -0.05) is 11.6 Å². The summed E-state index contributed by atoms with van der Waals surface area (Å²) in [4.78, 5) is 19.9. The zero-order valence-corrected chi connectivity index (χ0v) is 14.8. The fourth-order valence-corrected chi connectivity index (χ4v) is 3.99. The molecule has 2 aliphatic rings. The van der Waals surface area contributed by atoms with E-state index in [2.05, 4.69) is 4.98 Å². The number of ether oxygens (including phenoxy) is 1. The van der Waals surface area contributed by atoms with Crippen molar-refractivity contribution in [1.29, 1.82) is 0 Å². The minimum atomic E-state index is -4.50. The summed E-state index contributed by atoms with van der Waals surface area (Å²) >= 11 is 7.80. The average molecular weight is 396 g/mol. The number of amides is 1. The molecular weight excluding hydrogens is 379 g/mol. The van der Waals surface area contributed by atoms with Gasteiger partial charge in [0, 0.05) is 37.3 Å². The van der Waals surface area contributed by atoms with Crippen LogP contribution in [0.3, 0.4) is 0 Å². The number of carbonyl (C=O) groups excluding carboxylic acids is 1. The van der Waals surface area contributed by atoms with Gasteiger partial charge in [0.05, 0.1) is 23.7 Å². The third-order valence-corrected chi connectivity index (χ3v) is 5.33. The number of carbonyl (C=O) groups is 1. The Bertz CT molecular complexity index is 641. The van der Waals surface area contributed by atoms with E-state index in [0.717, 1.165) is 23.8 Å². The molecule has 1 aromatic heterocycles. The first-order chi connectivity index (χ1) is 11.9. The van der Waals surface area contributed by atoms with Gasteiger partial charge in [0.1, 0.15) is 5.82 Å². The van der Waals surface area contributed by atoms with Crippen molar-refractivity contribution in [1.82, 2.24) is 9.88 Å². The van der Waals surface area contributed by atoms with E-state index in [0.29, 0.717) is 19.6 Å². The van der Waals surface area contributed by atoms with Gasteiger partial charge in [0.2, 0.25) is 0 Å². The Kier molecular flexibility index (Phi) is 5.65. The van der Waals surface area contributed by atoms with E-state index < -0.39 is 17.8 Å². The Morgan fingerprint density at radius 3 is 2.68 bits per heavy atom. The van der Waals surface area contributed by atoms with Crippen LogP contribution in [-0.2, 0) is 15.7 Å². The molecule has 0 saturated carbocycles. The fourth-order valence-electron chi connectivity index (χ4n) is 2.80. The zero-order chi connectivity index (χ0) is 18.0. The average Bonchev–Trinajstić information content (AvgIpc) is 2.61. The Morgan fingerprint density at radius 1 is 1.32 bits per heavy atom. The number of morpholine rings is 1. The third-order valence-electron chi connectivity index (χ3n) is 4.11. The van der Waals surface area contributed by atoms with Crippen LogP contribution >= 0.6 is 23.4 Å². The van der Waals surface area contributed by atoms with Crippen LogP contribution in [0, 0.1) is 0 Å². The summed E-state index contributed by atoms with van der Waals surface area (Å²) in [6.45, 7) is 2.29. The minimum absolute atomic E-state index is 0.0858. The van der Waals surface area contributed by atoms with E-state index in [-0.39, 0.29) is 29.9 Å². The van der Waals surface area contributed by atoms with E-state index >= 15 is 0 Å². The molecule has 138 valence electrons. The Labute approximate surface area is 152 Å². The van der Waals surface area contributed by atoms with Crippen molar-refractivity contribution < 1.29 is 22.7 Å². The van der Waals surface area contributed by atoms with Crippen LogP contribution in [0.4, 0.5) is 19.0 Å². The molecule has 0 aliphatic carbocycles. The van der Waals surface area contributed by atoms with Gasteiger partial charge in [-0.15, -0.1) is 0 Å². The van der Waals surface area contributed by atoms with Crippen molar-refractivity contribution in [3.8, 4) is 0 Å². The second-order valence-corrected chi connectivity index (χ2v) is 7.40. The molecule has 0 bridgehead atoms. The van der Waals surface area contributed by atoms with Crippen LogP contribution in [0.1, 0.15) is 5.56 Å². The highest BCUT2D eigenvalue weighted by atomic mass is 35.5. The Balaban J connectivity index is 1.72. The Morgan fingerprint density at radius 2 is 2.04 bits per heavy atom. The van der Waals surface area contributed by atoms with Crippen LogP contribution in [0.2, 0.25) is 5.02 Å². The molecule has 2 saturated heterocycles. The number of pyridine rings is 1. The number of halogens is 4. The maximum Gasteiger partial charge on any atom is 0.417 e. The summed E-state index contributed by atoms with van der Waals surface area (Å²) in [5, 5.41) is -0.0858. The molecule has 5 nitrogen and oxygen atoms in total. The van der Waals surface area contributed by atoms with Crippen LogP contribution < -0.4 is 4.90 Å². The molecule has 25 heavy (non-hydrogen) atoms. The number of anilines is 1. The number of hydrogen-bond donors (Lipinski definition) is 0. The van der Waals surface area contributed by atoms with Gasteiger partial charge < -0.3 is 14.5 Å². The van der Waals surface area contributed by atoms with E-state index in [1.54, 1.807) is 21.6 Å². The molecule has 2 aliphatic heterocycles. The van der Waals surface area contributed by atoms with Gasteiger partial charge in [-0.05, 0) is 6.07 Å². The number of rotatable bonds is 2. The van der Waals surface area contributed by atoms with Gasteiger partial charge in [0.15, 0.2) is 6.10 Å². The summed E-state index contributed by atoms with van der Waals surface area (Å²) in [5.41, 5.74) is -0.895. The predicted molar refractivity (Wildman–Crippen MR) is 90.1 cm³/mol. The largest absolute Gasteiger partial charge is 0.417 e. The summed E-state index contributed by atoms with van der Waals surface area (Å²) < 4.78 is 43.8. The molecule has 1 atom stereocenters. The quantitative estimate of drug-likeness (QED) is 0.770. The SMILES string of the molecule is O=C(C1CN(c2ncc(C(F)(F)F)cc2Cl)CCO1)N1CCSCC1. The maximum atomic E-state index is 12.7. The lowest BCUT2D eigenvalue weighted by atomic mass is 10.2. The number of hydrogen-bond acceptors (Lipinski definition) is 5. The second-order valence-electron chi connectivity index (χ2n) is 5.77. The topological polar surface area (TPSA) is 45.7 Å². The monoisotopic (exact) mass is 395 g/mol. The fraction of sp³-hybridized carbons (Fsp3) is 0.600. The van der Waals surface area contributed by atoms with Gasteiger partial charge in [-0.25, -0.2) is 4.98 Å². The van der Waals surface area contributed by atoms with Crippen molar-refractivity contribution >= 4 is 35.1 Å². The lowest BCUT2D eigenvalue weighted by molar-refractivity contribution is -0.144. The van der Waals surface area contributed by atoms with Crippen LogP contribution in [-0.4, -0.2) is 66.2 Å². The van der Waals surface area contributed by atoms with E-state index in [4.69, 9.17) is 16.3 Å². The van der Waals surface area contributed by atoms with Gasteiger partial charge in [0.25, 0.3) is 5.91 Å². The van der Waals surface area contributed by atoms with E-state index in [9.17, 15) is 18.0 Å². The zero-order valence-electron chi connectivity index (χ0n) is 13.3.